The number of carbonyl (C=O) groups excluding carboxylic acids is 1. The third-order valence-corrected chi connectivity index (χ3v) is 6.73. The van der Waals surface area contributed by atoms with Crippen molar-refractivity contribution in [2.75, 3.05) is 18.0 Å². The molecule has 3 rings (SSSR count). The molecule has 1 fully saturated rings. The summed E-state index contributed by atoms with van der Waals surface area (Å²) in [6.07, 6.45) is 9.60. The van der Waals surface area contributed by atoms with E-state index in [1.807, 2.05) is 30.0 Å². The largest absolute Gasteiger partial charge is 0.398 e. The van der Waals surface area contributed by atoms with Crippen LogP contribution >= 0.6 is 23.4 Å². The van der Waals surface area contributed by atoms with Crippen molar-refractivity contribution in [3.8, 4) is 0 Å². The fourth-order valence-electron chi connectivity index (χ4n) is 3.66. The average Bonchev–Trinajstić information content (AvgIpc) is 2.71. The minimum absolute atomic E-state index is 0.0607. The molecule has 1 unspecified atom stereocenters. The molecular formula is C21H26ClN3OS. The number of hydrogen-bond acceptors (Lipinski definition) is 4. The van der Waals surface area contributed by atoms with Gasteiger partial charge < -0.3 is 11.1 Å². The van der Waals surface area contributed by atoms with Crippen molar-refractivity contribution in [3.63, 3.8) is 0 Å². The summed E-state index contributed by atoms with van der Waals surface area (Å²) in [6.45, 7) is 0.621. The number of thioether (sulfide) groups is 1. The Balaban J connectivity index is 1.61. The van der Waals surface area contributed by atoms with Crippen molar-refractivity contribution in [2.24, 2.45) is 5.92 Å². The first-order valence-corrected chi connectivity index (χ1v) is 10.9. The van der Waals surface area contributed by atoms with Gasteiger partial charge in [-0.25, -0.2) is 0 Å². The minimum Gasteiger partial charge on any atom is -0.398 e. The molecule has 1 heterocycles. The predicted octanol–water partition coefficient (Wildman–Crippen LogP) is 5.10. The number of halogens is 1. The lowest BCUT2D eigenvalue weighted by Gasteiger charge is -2.31. The number of pyridine rings is 1. The van der Waals surface area contributed by atoms with Crippen LogP contribution in [0.2, 0.25) is 5.02 Å². The summed E-state index contributed by atoms with van der Waals surface area (Å²) in [5, 5.41) is 4.04. The molecule has 1 saturated carbocycles. The van der Waals surface area contributed by atoms with Gasteiger partial charge in [-0.15, -0.1) is 0 Å². The van der Waals surface area contributed by atoms with Crippen molar-refractivity contribution >= 4 is 35.0 Å². The van der Waals surface area contributed by atoms with E-state index in [0.717, 1.165) is 22.0 Å². The molecule has 1 aliphatic rings. The molecule has 4 nitrogen and oxygen atoms in total. The molecule has 0 bridgehead atoms. The Morgan fingerprint density at radius 3 is 2.70 bits per heavy atom. The number of rotatable bonds is 7. The molecule has 27 heavy (non-hydrogen) atoms. The number of hydrogen-bond donors (Lipinski definition) is 2. The molecule has 6 heteroatoms. The number of anilines is 1. The Kier molecular flexibility index (Phi) is 7.41. The average molecular weight is 404 g/mol. The third kappa shape index (κ3) is 5.63. The zero-order valence-corrected chi connectivity index (χ0v) is 16.9. The number of nitrogens with two attached hydrogens (primary N) is 1. The molecule has 1 aromatic heterocycles. The number of amides is 1. The van der Waals surface area contributed by atoms with Crippen molar-refractivity contribution in [2.45, 2.75) is 37.4 Å². The van der Waals surface area contributed by atoms with Crippen LogP contribution in [-0.4, -0.2) is 23.2 Å². The normalized spacial score (nSPS) is 16.0. The molecule has 0 spiro atoms. The topological polar surface area (TPSA) is 68.0 Å². The molecule has 2 aromatic rings. The first-order chi connectivity index (χ1) is 13.1. The lowest BCUT2D eigenvalue weighted by molar-refractivity contribution is 0.0956. The highest BCUT2D eigenvalue weighted by atomic mass is 35.5. The molecule has 0 saturated heterocycles. The van der Waals surface area contributed by atoms with Crippen LogP contribution < -0.4 is 11.1 Å². The highest BCUT2D eigenvalue weighted by molar-refractivity contribution is 7.99. The van der Waals surface area contributed by atoms with Gasteiger partial charge in [-0.3, -0.25) is 9.78 Å². The van der Waals surface area contributed by atoms with Gasteiger partial charge in [0.15, 0.2) is 0 Å². The van der Waals surface area contributed by atoms with Gasteiger partial charge in [-0.2, -0.15) is 11.8 Å². The Morgan fingerprint density at radius 1 is 1.22 bits per heavy atom. The molecule has 1 aliphatic carbocycles. The number of aromatic nitrogens is 1. The van der Waals surface area contributed by atoms with Crippen LogP contribution in [0.15, 0.2) is 42.7 Å². The summed E-state index contributed by atoms with van der Waals surface area (Å²) in [6, 6.07) is 9.20. The highest BCUT2D eigenvalue weighted by Crippen LogP contribution is 2.45. The summed E-state index contributed by atoms with van der Waals surface area (Å²) in [5.74, 6) is 1.39. The fourth-order valence-corrected chi connectivity index (χ4v) is 5.25. The monoisotopic (exact) mass is 403 g/mol. The van der Waals surface area contributed by atoms with Crippen molar-refractivity contribution in [3.05, 3.63) is 58.9 Å². The third-order valence-electron chi connectivity index (χ3n) is 5.06. The molecule has 1 aromatic carbocycles. The van der Waals surface area contributed by atoms with Gasteiger partial charge in [0.25, 0.3) is 5.91 Å². The number of nitrogen functional groups attached to an aromatic ring is 1. The molecule has 0 aliphatic heterocycles. The van der Waals surface area contributed by atoms with Crippen molar-refractivity contribution in [1.82, 2.24) is 10.3 Å². The number of nitrogens with zero attached hydrogens (tertiary/aromatic N) is 1. The van der Waals surface area contributed by atoms with Crippen LogP contribution in [0.5, 0.6) is 0 Å². The fraction of sp³-hybridized carbons (Fsp3) is 0.429. The molecule has 0 radical (unpaired) electrons. The molecule has 1 amide bonds. The second kappa shape index (κ2) is 10.00. The van der Waals surface area contributed by atoms with E-state index in [4.69, 9.17) is 17.3 Å². The van der Waals surface area contributed by atoms with Crippen LogP contribution in [-0.2, 0) is 0 Å². The van der Waals surface area contributed by atoms with E-state index in [1.165, 1.54) is 32.1 Å². The zero-order valence-electron chi connectivity index (χ0n) is 15.4. The van der Waals surface area contributed by atoms with Gasteiger partial charge in [-0.1, -0.05) is 30.9 Å². The maximum atomic E-state index is 12.2. The van der Waals surface area contributed by atoms with E-state index in [1.54, 1.807) is 24.5 Å². The summed E-state index contributed by atoms with van der Waals surface area (Å²) < 4.78 is 0. The second-order valence-corrected chi connectivity index (χ2v) is 8.64. The van der Waals surface area contributed by atoms with E-state index >= 15 is 0 Å². The first kappa shape index (κ1) is 20.0. The van der Waals surface area contributed by atoms with Gasteiger partial charge in [0.2, 0.25) is 0 Å². The lowest BCUT2D eigenvalue weighted by atomic mass is 9.84. The molecule has 3 N–H and O–H groups in total. The van der Waals surface area contributed by atoms with E-state index in [9.17, 15) is 4.79 Å². The van der Waals surface area contributed by atoms with Crippen LogP contribution in [0.3, 0.4) is 0 Å². The Labute approximate surface area is 170 Å². The van der Waals surface area contributed by atoms with Crippen LogP contribution in [0.4, 0.5) is 5.69 Å². The first-order valence-electron chi connectivity index (χ1n) is 9.50. The number of carbonyl (C=O) groups is 1. The number of nitrogens with one attached hydrogen (secondary N) is 1. The van der Waals surface area contributed by atoms with E-state index in [-0.39, 0.29) is 5.91 Å². The highest BCUT2D eigenvalue weighted by Gasteiger charge is 2.27. The Hall–Kier alpha value is -1.72. The van der Waals surface area contributed by atoms with E-state index < -0.39 is 0 Å². The van der Waals surface area contributed by atoms with Crippen LogP contribution in [0.1, 0.15) is 53.3 Å². The standard InChI is InChI=1S/C21H26ClN3OS/c22-17-6-7-19(23)18(14-17)20(15-4-2-1-3-5-15)27-13-12-25-21(26)16-8-10-24-11-9-16/h6-11,14-15,20H,1-5,12-13,23H2,(H,25,26). The van der Waals surface area contributed by atoms with E-state index in [2.05, 4.69) is 10.3 Å². The second-order valence-electron chi connectivity index (χ2n) is 6.95. The summed E-state index contributed by atoms with van der Waals surface area (Å²) >= 11 is 8.12. The van der Waals surface area contributed by atoms with Gasteiger partial charge in [0, 0.05) is 46.2 Å². The quantitative estimate of drug-likeness (QED) is 0.498. The summed E-state index contributed by atoms with van der Waals surface area (Å²) in [5.41, 5.74) is 8.86. The van der Waals surface area contributed by atoms with Crippen LogP contribution in [0.25, 0.3) is 0 Å². The summed E-state index contributed by atoms with van der Waals surface area (Å²) in [4.78, 5) is 16.1. The van der Waals surface area contributed by atoms with Gasteiger partial charge in [-0.05, 0) is 54.7 Å². The number of benzene rings is 1. The van der Waals surface area contributed by atoms with Gasteiger partial charge in [0.1, 0.15) is 0 Å². The van der Waals surface area contributed by atoms with Gasteiger partial charge >= 0.3 is 0 Å². The van der Waals surface area contributed by atoms with E-state index in [0.29, 0.717) is 23.3 Å². The summed E-state index contributed by atoms with van der Waals surface area (Å²) in [7, 11) is 0. The molecule has 1 atom stereocenters. The molecule has 144 valence electrons. The van der Waals surface area contributed by atoms with Gasteiger partial charge in [0.05, 0.1) is 0 Å². The maximum absolute atomic E-state index is 12.2. The minimum atomic E-state index is -0.0607. The zero-order chi connectivity index (χ0) is 19.1. The van der Waals surface area contributed by atoms with Crippen LogP contribution in [0, 0.1) is 5.92 Å². The molecular weight excluding hydrogens is 378 g/mol. The Morgan fingerprint density at radius 2 is 1.96 bits per heavy atom. The lowest BCUT2D eigenvalue weighted by Crippen LogP contribution is -2.26. The smallest absolute Gasteiger partial charge is 0.251 e. The SMILES string of the molecule is Nc1ccc(Cl)cc1C(SCCNC(=O)c1ccncc1)C1CCCCC1. The maximum Gasteiger partial charge on any atom is 0.251 e. The predicted molar refractivity (Wildman–Crippen MR) is 114 cm³/mol. The van der Waals surface area contributed by atoms with Crippen molar-refractivity contribution in [1.29, 1.82) is 0 Å². The Bertz CT molecular complexity index is 750. The van der Waals surface area contributed by atoms with Crippen molar-refractivity contribution < 1.29 is 4.79 Å².